The fraction of sp³-hybridized carbons (Fsp3) is 0.545. The van der Waals surface area contributed by atoms with Gasteiger partial charge in [-0.25, -0.2) is 0 Å². The van der Waals surface area contributed by atoms with Gasteiger partial charge in [0.1, 0.15) is 5.39 Å². The molecule has 0 unspecified atom stereocenters. The second-order valence-electron chi connectivity index (χ2n) is 4.39. The van der Waals surface area contributed by atoms with Crippen LogP contribution < -0.4 is 10.5 Å². The first-order chi connectivity index (χ1) is 8.83. The number of H-pyrrole nitrogens is 1. The molecule has 1 fully saturated rings. The van der Waals surface area contributed by atoms with Crippen molar-refractivity contribution in [2.45, 2.75) is 12.8 Å². The van der Waals surface area contributed by atoms with Gasteiger partial charge in [0.25, 0.3) is 0 Å². The average Bonchev–Trinajstić information content (AvgIpc) is 2.85. The van der Waals surface area contributed by atoms with Crippen LogP contribution in [0.3, 0.4) is 0 Å². The summed E-state index contributed by atoms with van der Waals surface area (Å²) in [4.78, 5) is 8.15. The molecule has 7 heteroatoms. The lowest BCUT2D eigenvalue weighted by Gasteiger charge is -2.21. The summed E-state index contributed by atoms with van der Waals surface area (Å²) in [6.45, 7) is 2.24. The fourth-order valence-corrected chi connectivity index (χ4v) is 2.04. The lowest BCUT2D eigenvalue weighted by molar-refractivity contribution is 0.0493. The van der Waals surface area contributed by atoms with E-state index in [0.29, 0.717) is 24.1 Å². The maximum atomic E-state index is 5.75. The second kappa shape index (κ2) is 4.77. The van der Waals surface area contributed by atoms with Crippen LogP contribution in [0.4, 0.5) is 5.95 Å². The average molecular weight is 249 g/mol. The molecule has 3 rings (SSSR count). The number of nitrogens with one attached hydrogen (secondary N) is 1. The molecule has 0 spiro atoms. The van der Waals surface area contributed by atoms with Crippen LogP contribution in [0.2, 0.25) is 0 Å². The number of nitrogen functional groups attached to an aromatic ring is 1. The van der Waals surface area contributed by atoms with Crippen LogP contribution >= 0.6 is 0 Å². The van der Waals surface area contributed by atoms with Gasteiger partial charge in [-0.05, 0) is 18.8 Å². The Bertz CT molecular complexity index is 535. The standard InChI is InChI=1S/C11H15N5O2/c12-11-14-9-8(5-13-16-9)10(15-11)18-6-7-1-3-17-4-2-7/h5,7H,1-4,6H2,(H3,12,13,14,15,16). The number of nitrogens with zero attached hydrogens (tertiary/aromatic N) is 3. The number of aromatic nitrogens is 4. The molecular weight excluding hydrogens is 234 g/mol. The van der Waals surface area contributed by atoms with Crippen LogP contribution in [0, 0.1) is 5.92 Å². The van der Waals surface area contributed by atoms with Gasteiger partial charge >= 0.3 is 0 Å². The Morgan fingerprint density at radius 3 is 3.06 bits per heavy atom. The highest BCUT2D eigenvalue weighted by atomic mass is 16.5. The quantitative estimate of drug-likeness (QED) is 0.832. The summed E-state index contributed by atoms with van der Waals surface area (Å²) in [5.74, 6) is 1.20. The van der Waals surface area contributed by atoms with E-state index in [1.54, 1.807) is 6.20 Å². The van der Waals surface area contributed by atoms with E-state index in [1.165, 1.54) is 0 Å². The Morgan fingerprint density at radius 1 is 1.39 bits per heavy atom. The largest absolute Gasteiger partial charge is 0.477 e. The Kier molecular flexibility index (Phi) is 2.97. The summed E-state index contributed by atoms with van der Waals surface area (Å²) < 4.78 is 11.1. The lowest BCUT2D eigenvalue weighted by atomic mass is 10.0. The van der Waals surface area contributed by atoms with E-state index in [4.69, 9.17) is 15.2 Å². The predicted molar refractivity (Wildman–Crippen MR) is 65.1 cm³/mol. The van der Waals surface area contributed by atoms with Crippen molar-refractivity contribution in [1.29, 1.82) is 0 Å². The number of fused-ring (bicyclic) bond motifs is 1. The molecule has 18 heavy (non-hydrogen) atoms. The van der Waals surface area contributed by atoms with Gasteiger partial charge in [-0.15, -0.1) is 0 Å². The zero-order valence-electron chi connectivity index (χ0n) is 9.93. The molecule has 0 bridgehead atoms. The van der Waals surface area contributed by atoms with Crippen molar-refractivity contribution in [2.24, 2.45) is 5.92 Å². The fourth-order valence-electron chi connectivity index (χ4n) is 2.04. The summed E-state index contributed by atoms with van der Waals surface area (Å²) >= 11 is 0. The molecule has 3 heterocycles. The Balaban J connectivity index is 1.75. The maximum absolute atomic E-state index is 5.75. The van der Waals surface area contributed by atoms with Gasteiger partial charge in [-0.1, -0.05) is 0 Å². The zero-order valence-corrected chi connectivity index (χ0v) is 9.93. The molecule has 0 atom stereocenters. The summed E-state index contributed by atoms with van der Waals surface area (Å²) in [6.07, 6.45) is 3.69. The third kappa shape index (κ3) is 2.21. The van der Waals surface area contributed by atoms with Crippen LogP contribution in [0.5, 0.6) is 5.88 Å². The van der Waals surface area contributed by atoms with Crippen LogP contribution in [0.1, 0.15) is 12.8 Å². The normalized spacial score (nSPS) is 17.1. The monoisotopic (exact) mass is 249 g/mol. The maximum Gasteiger partial charge on any atom is 0.229 e. The van der Waals surface area contributed by atoms with E-state index in [-0.39, 0.29) is 5.95 Å². The first kappa shape index (κ1) is 11.2. The van der Waals surface area contributed by atoms with Crippen molar-refractivity contribution in [2.75, 3.05) is 25.6 Å². The number of nitrogens with two attached hydrogens (primary N) is 1. The van der Waals surface area contributed by atoms with Gasteiger partial charge in [-0.2, -0.15) is 15.1 Å². The molecule has 0 radical (unpaired) electrons. The van der Waals surface area contributed by atoms with Crippen LogP contribution in [-0.4, -0.2) is 40.0 Å². The lowest BCUT2D eigenvalue weighted by Crippen LogP contribution is -2.21. The van der Waals surface area contributed by atoms with Gasteiger partial charge < -0.3 is 15.2 Å². The van der Waals surface area contributed by atoms with Crippen LogP contribution in [0.15, 0.2) is 6.20 Å². The van der Waals surface area contributed by atoms with Crippen molar-refractivity contribution >= 4 is 17.0 Å². The summed E-state index contributed by atoms with van der Waals surface area (Å²) in [5, 5.41) is 7.43. The molecule has 2 aromatic heterocycles. The van der Waals surface area contributed by atoms with Gasteiger partial charge in [0.05, 0.1) is 12.8 Å². The Morgan fingerprint density at radius 2 is 2.22 bits per heavy atom. The van der Waals surface area contributed by atoms with Crippen molar-refractivity contribution in [3.8, 4) is 5.88 Å². The molecule has 0 aromatic carbocycles. The predicted octanol–water partition coefficient (Wildman–Crippen LogP) is 0.740. The number of hydrogen-bond donors (Lipinski definition) is 2. The molecule has 3 N–H and O–H groups in total. The third-order valence-corrected chi connectivity index (χ3v) is 3.09. The Labute approximate surface area is 104 Å². The molecule has 0 amide bonds. The van der Waals surface area contributed by atoms with E-state index in [2.05, 4.69) is 20.2 Å². The molecule has 1 aliphatic heterocycles. The minimum absolute atomic E-state index is 0.189. The smallest absolute Gasteiger partial charge is 0.229 e. The van der Waals surface area contributed by atoms with E-state index in [1.807, 2.05) is 0 Å². The molecule has 96 valence electrons. The molecular formula is C11H15N5O2. The van der Waals surface area contributed by atoms with Gasteiger partial charge in [0, 0.05) is 13.2 Å². The van der Waals surface area contributed by atoms with Crippen molar-refractivity contribution in [1.82, 2.24) is 20.2 Å². The minimum atomic E-state index is 0.189. The molecule has 2 aromatic rings. The summed E-state index contributed by atoms with van der Waals surface area (Å²) in [6, 6.07) is 0. The number of rotatable bonds is 3. The molecule has 1 saturated heterocycles. The van der Waals surface area contributed by atoms with Gasteiger partial charge in [0.2, 0.25) is 11.8 Å². The van der Waals surface area contributed by atoms with Crippen LogP contribution in [-0.2, 0) is 4.74 Å². The zero-order chi connectivity index (χ0) is 12.4. The molecule has 0 aliphatic carbocycles. The number of hydrogen-bond acceptors (Lipinski definition) is 6. The van der Waals surface area contributed by atoms with Crippen molar-refractivity contribution in [3.63, 3.8) is 0 Å². The van der Waals surface area contributed by atoms with E-state index >= 15 is 0 Å². The molecule has 0 saturated carbocycles. The van der Waals surface area contributed by atoms with E-state index < -0.39 is 0 Å². The van der Waals surface area contributed by atoms with E-state index in [0.717, 1.165) is 31.4 Å². The topological polar surface area (TPSA) is 98.9 Å². The van der Waals surface area contributed by atoms with Crippen molar-refractivity contribution < 1.29 is 9.47 Å². The van der Waals surface area contributed by atoms with Crippen molar-refractivity contribution in [3.05, 3.63) is 6.20 Å². The molecule has 1 aliphatic rings. The first-order valence-corrected chi connectivity index (χ1v) is 6.00. The number of aromatic amines is 1. The summed E-state index contributed by atoms with van der Waals surface area (Å²) in [7, 11) is 0. The highest BCUT2D eigenvalue weighted by Crippen LogP contribution is 2.23. The van der Waals surface area contributed by atoms with Gasteiger partial charge in [-0.3, -0.25) is 5.10 Å². The number of anilines is 1. The summed E-state index contributed by atoms with van der Waals surface area (Å²) in [5.41, 5.74) is 6.22. The highest BCUT2D eigenvalue weighted by molar-refractivity contribution is 5.80. The number of ether oxygens (including phenoxy) is 2. The second-order valence-corrected chi connectivity index (χ2v) is 4.39. The first-order valence-electron chi connectivity index (χ1n) is 6.00. The van der Waals surface area contributed by atoms with Crippen LogP contribution in [0.25, 0.3) is 11.0 Å². The van der Waals surface area contributed by atoms with Gasteiger partial charge in [0.15, 0.2) is 5.65 Å². The van der Waals surface area contributed by atoms with E-state index in [9.17, 15) is 0 Å². The minimum Gasteiger partial charge on any atom is -0.477 e. The SMILES string of the molecule is Nc1nc(OCC2CCOCC2)c2cn[nH]c2n1. The Hall–Kier alpha value is -1.89. The highest BCUT2D eigenvalue weighted by Gasteiger charge is 2.16. The third-order valence-electron chi connectivity index (χ3n) is 3.09. The molecule has 7 nitrogen and oxygen atoms in total.